The summed E-state index contributed by atoms with van der Waals surface area (Å²) < 4.78 is 0. The molecule has 3 rings (SSSR count). The molecule has 0 fully saturated rings. The first-order valence-corrected chi connectivity index (χ1v) is 8.37. The van der Waals surface area contributed by atoms with E-state index >= 15 is 0 Å². The lowest BCUT2D eigenvalue weighted by Crippen LogP contribution is -2.42. The molecule has 0 saturated carbocycles. The molecule has 0 radical (unpaired) electrons. The minimum atomic E-state index is -0.383. The Morgan fingerprint density at radius 2 is 1.74 bits per heavy atom. The van der Waals surface area contributed by atoms with Gasteiger partial charge in [-0.05, 0) is 58.0 Å². The summed E-state index contributed by atoms with van der Waals surface area (Å²) >= 11 is 0. The number of nitrogens with zero attached hydrogens (tertiary/aromatic N) is 1. The van der Waals surface area contributed by atoms with Gasteiger partial charge in [0.2, 0.25) is 0 Å². The van der Waals surface area contributed by atoms with E-state index in [1.807, 2.05) is 18.2 Å². The smallest absolute Gasteiger partial charge is 0.173 e. The fourth-order valence-corrected chi connectivity index (χ4v) is 3.62. The zero-order valence-electron chi connectivity index (χ0n) is 14.3. The van der Waals surface area contributed by atoms with Crippen LogP contribution in [-0.2, 0) is 11.8 Å². The number of ketones is 1. The highest BCUT2D eigenvalue weighted by molar-refractivity contribution is 6.06. The van der Waals surface area contributed by atoms with Crippen molar-refractivity contribution in [3.63, 3.8) is 0 Å². The number of hydrogen-bond donors (Lipinski definition) is 0. The van der Waals surface area contributed by atoms with Crippen LogP contribution in [-0.4, -0.2) is 31.3 Å². The van der Waals surface area contributed by atoms with Gasteiger partial charge < -0.3 is 4.90 Å². The van der Waals surface area contributed by atoms with Crippen LogP contribution in [0.2, 0.25) is 0 Å². The van der Waals surface area contributed by atoms with Crippen molar-refractivity contribution in [1.29, 1.82) is 0 Å². The van der Waals surface area contributed by atoms with Crippen molar-refractivity contribution in [3.8, 4) is 0 Å². The van der Waals surface area contributed by atoms with Crippen molar-refractivity contribution in [2.75, 3.05) is 20.6 Å². The summed E-state index contributed by atoms with van der Waals surface area (Å²) in [5, 5.41) is 0. The van der Waals surface area contributed by atoms with Gasteiger partial charge in [-0.1, -0.05) is 54.1 Å². The molecular weight excluding hydrogens is 282 g/mol. The Kier molecular flexibility index (Phi) is 4.36. The lowest BCUT2D eigenvalue weighted by Gasteiger charge is -2.38. The highest BCUT2D eigenvalue weighted by atomic mass is 16.1. The number of fused-ring (bicyclic) bond motifs is 1. The SMILES string of the molecule is Cc1ccc(C2(CCN(C)C)CCc3ccccc3C2=O)cc1. The Morgan fingerprint density at radius 3 is 2.43 bits per heavy atom. The molecule has 0 aromatic heterocycles. The van der Waals surface area contributed by atoms with Gasteiger partial charge in [-0.25, -0.2) is 0 Å². The van der Waals surface area contributed by atoms with Crippen LogP contribution < -0.4 is 0 Å². The van der Waals surface area contributed by atoms with E-state index in [0.717, 1.165) is 31.4 Å². The highest BCUT2D eigenvalue weighted by Gasteiger charge is 2.43. The zero-order valence-corrected chi connectivity index (χ0v) is 14.3. The van der Waals surface area contributed by atoms with Gasteiger partial charge in [-0.3, -0.25) is 4.79 Å². The molecule has 1 aliphatic carbocycles. The van der Waals surface area contributed by atoms with E-state index < -0.39 is 0 Å². The van der Waals surface area contributed by atoms with Crippen molar-refractivity contribution >= 4 is 5.78 Å². The van der Waals surface area contributed by atoms with Crippen LogP contribution in [0.1, 0.15) is 39.9 Å². The van der Waals surface area contributed by atoms with E-state index in [0.29, 0.717) is 5.78 Å². The Labute approximate surface area is 139 Å². The number of aryl methyl sites for hydroxylation is 2. The topological polar surface area (TPSA) is 20.3 Å². The summed E-state index contributed by atoms with van der Waals surface area (Å²) in [7, 11) is 4.15. The normalized spacial score (nSPS) is 20.6. The molecule has 0 saturated heterocycles. The van der Waals surface area contributed by atoms with Gasteiger partial charge in [-0.15, -0.1) is 0 Å². The summed E-state index contributed by atoms with van der Waals surface area (Å²) in [6.45, 7) is 3.01. The van der Waals surface area contributed by atoms with Crippen molar-refractivity contribution in [2.24, 2.45) is 0 Å². The van der Waals surface area contributed by atoms with Crippen molar-refractivity contribution in [1.82, 2.24) is 4.90 Å². The largest absolute Gasteiger partial charge is 0.309 e. The van der Waals surface area contributed by atoms with Gasteiger partial charge in [-0.2, -0.15) is 0 Å². The van der Waals surface area contributed by atoms with Crippen LogP contribution in [0.3, 0.4) is 0 Å². The van der Waals surface area contributed by atoms with E-state index in [9.17, 15) is 4.79 Å². The van der Waals surface area contributed by atoms with Crippen LogP contribution in [0.5, 0.6) is 0 Å². The summed E-state index contributed by atoms with van der Waals surface area (Å²) in [6, 6.07) is 16.7. The maximum Gasteiger partial charge on any atom is 0.173 e. The summed E-state index contributed by atoms with van der Waals surface area (Å²) in [4.78, 5) is 15.6. The molecule has 1 atom stereocenters. The Balaban J connectivity index is 2.06. The molecule has 0 aliphatic heterocycles. The third-order valence-corrected chi connectivity index (χ3v) is 5.11. The second-order valence-corrected chi connectivity index (χ2v) is 6.99. The van der Waals surface area contributed by atoms with E-state index in [2.05, 4.69) is 56.3 Å². The molecule has 1 unspecified atom stereocenters. The average molecular weight is 307 g/mol. The van der Waals surface area contributed by atoms with Crippen molar-refractivity contribution < 1.29 is 4.79 Å². The number of hydrogen-bond acceptors (Lipinski definition) is 2. The number of rotatable bonds is 4. The third-order valence-electron chi connectivity index (χ3n) is 5.11. The molecule has 2 aromatic carbocycles. The minimum Gasteiger partial charge on any atom is -0.309 e. The fourth-order valence-electron chi connectivity index (χ4n) is 3.62. The van der Waals surface area contributed by atoms with E-state index in [-0.39, 0.29) is 5.41 Å². The van der Waals surface area contributed by atoms with Gasteiger partial charge in [0.15, 0.2) is 5.78 Å². The quantitative estimate of drug-likeness (QED) is 0.850. The van der Waals surface area contributed by atoms with Gasteiger partial charge in [0.25, 0.3) is 0 Å². The first-order chi connectivity index (χ1) is 11.0. The lowest BCUT2D eigenvalue weighted by atomic mass is 9.64. The first-order valence-electron chi connectivity index (χ1n) is 8.37. The number of carbonyl (C=O) groups excluding carboxylic acids is 1. The van der Waals surface area contributed by atoms with Crippen LogP contribution in [0, 0.1) is 6.92 Å². The second kappa shape index (κ2) is 6.29. The van der Waals surface area contributed by atoms with Crippen molar-refractivity contribution in [2.45, 2.75) is 31.6 Å². The molecule has 0 amide bonds. The Hall–Kier alpha value is -1.93. The molecule has 2 nitrogen and oxygen atoms in total. The molecule has 0 N–H and O–H groups in total. The molecule has 23 heavy (non-hydrogen) atoms. The standard InChI is InChI=1S/C21H25NO/c1-16-8-10-18(11-9-16)21(14-15-22(2)3)13-12-17-6-4-5-7-19(17)20(21)23/h4-11H,12-15H2,1-3H3. The highest BCUT2D eigenvalue weighted by Crippen LogP contribution is 2.41. The van der Waals surface area contributed by atoms with Crippen LogP contribution in [0.15, 0.2) is 48.5 Å². The molecule has 0 bridgehead atoms. The minimum absolute atomic E-state index is 0.296. The van der Waals surface area contributed by atoms with Gasteiger partial charge in [0.05, 0.1) is 5.41 Å². The number of Topliss-reactive ketones (excluding diaryl/α,β-unsaturated/α-hetero) is 1. The first kappa shape index (κ1) is 15.9. The van der Waals surface area contributed by atoms with E-state index in [1.165, 1.54) is 16.7 Å². The molecular formula is C21H25NO. The van der Waals surface area contributed by atoms with Crippen molar-refractivity contribution in [3.05, 3.63) is 70.8 Å². The predicted octanol–water partition coefficient (Wildman–Crippen LogP) is 4.01. The van der Waals surface area contributed by atoms with Crippen LogP contribution >= 0.6 is 0 Å². The number of benzene rings is 2. The zero-order chi connectivity index (χ0) is 16.4. The average Bonchev–Trinajstić information content (AvgIpc) is 2.56. The summed E-state index contributed by atoms with van der Waals surface area (Å²) in [5.41, 5.74) is 4.14. The third kappa shape index (κ3) is 2.96. The molecule has 1 aliphatic rings. The van der Waals surface area contributed by atoms with Gasteiger partial charge in [0.1, 0.15) is 0 Å². The van der Waals surface area contributed by atoms with Crippen LogP contribution in [0.25, 0.3) is 0 Å². The number of carbonyl (C=O) groups is 1. The monoisotopic (exact) mass is 307 g/mol. The fraction of sp³-hybridized carbons (Fsp3) is 0.381. The van der Waals surface area contributed by atoms with E-state index in [1.54, 1.807) is 0 Å². The summed E-state index contributed by atoms with van der Waals surface area (Å²) in [6.07, 6.45) is 2.75. The van der Waals surface area contributed by atoms with Crippen LogP contribution in [0.4, 0.5) is 0 Å². The van der Waals surface area contributed by atoms with Gasteiger partial charge >= 0.3 is 0 Å². The second-order valence-electron chi connectivity index (χ2n) is 6.99. The molecule has 2 heteroatoms. The molecule has 0 spiro atoms. The maximum absolute atomic E-state index is 13.4. The molecule has 2 aromatic rings. The maximum atomic E-state index is 13.4. The van der Waals surface area contributed by atoms with E-state index in [4.69, 9.17) is 0 Å². The molecule has 120 valence electrons. The predicted molar refractivity (Wildman–Crippen MR) is 95.1 cm³/mol. The Morgan fingerprint density at radius 1 is 1.04 bits per heavy atom. The molecule has 0 heterocycles. The van der Waals surface area contributed by atoms with Gasteiger partial charge in [0, 0.05) is 5.56 Å². The lowest BCUT2D eigenvalue weighted by molar-refractivity contribution is 0.0840. The Bertz CT molecular complexity index is 702. The summed E-state index contributed by atoms with van der Waals surface area (Å²) in [5.74, 6) is 0.296.